The van der Waals surface area contributed by atoms with Gasteiger partial charge in [0, 0.05) is 12.0 Å². The number of hydrogen-bond donors (Lipinski definition) is 1. The highest BCUT2D eigenvalue weighted by Crippen LogP contribution is 2.45. The third kappa shape index (κ3) is 3.52. The van der Waals surface area contributed by atoms with Gasteiger partial charge in [-0.2, -0.15) is 18.2 Å². The molecule has 1 atom stereocenters. The molecule has 1 saturated heterocycles. The minimum Gasteiger partial charge on any atom is -0.287 e. The molecule has 0 bridgehead atoms. The Labute approximate surface area is 134 Å². The second kappa shape index (κ2) is 5.51. The van der Waals surface area contributed by atoms with Crippen LogP contribution in [0.5, 0.6) is 0 Å². The average Bonchev–Trinajstić information content (AvgIpc) is 2.60. The largest absolute Gasteiger partial charge is 0.409 e. The molecule has 6 heteroatoms. The number of hydrogen-bond acceptors (Lipinski definition) is 2. The maximum atomic E-state index is 13.9. The molecule has 0 aliphatic carbocycles. The lowest BCUT2D eigenvalue weighted by atomic mass is 9.81. The second-order valence-electron chi connectivity index (χ2n) is 7.68. The summed E-state index contributed by atoms with van der Waals surface area (Å²) in [6.45, 7) is 8.93. The molecule has 23 heavy (non-hydrogen) atoms. The molecule has 1 aromatic carbocycles. The van der Waals surface area contributed by atoms with Crippen LogP contribution in [0.25, 0.3) is 0 Å². The van der Waals surface area contributed by atoms with Crippen LogP contribution in [0.2, 0.25) is 0 Å². The summed E-state index contributed by atoms with van der Waals surface area (Å²) in [6, 6.07) is 4.69. The Kier molecular flexibility index (Phi) is 4.26. The van der Waals surface area contributed by atoms with Crippen molar-refractivity contribution in [2.45, 2.75) is 64.2 Å². The van der Waals surface area contributed by atoms with Crippen LogP contribution in [0.1, 0.15) is 58.2 Å². The zero-order valence-corrected chi connectivity index (χ0v) is 14.1. The highest BCUT2D eigenvalue weighted by atomic mass is 19.4. The molecular weight excluding hydrogens is 305 g/mol. The number of benzene rings is 1. The van der Waals surface area contributed by atoms with Crippen LogP contribution >= 0.6 is 0 Å². The van der Waals surface area contributed by atoms with Gasteiger partial charge < -0.3 is 0 Å². The summed E-state index contributed by atoms with van der Waals surface area (Å²) in [5, 5.41) is 1.06. The summed E-state index contributed by atoms with van der Waals surface area (Å²) >= 11 is 0. The molecule has 1 aliphatic heterocycles. The van der Waals surface area contributed by atoms with E-state index in [1.807, 2.05) is 20.8 Å². The van der Waals surface area contributed by atoms with Crippen molar-refractivity contribution >= 4 is 5.91 Å². The highest BCUT2D eigenvalue weighted by molar-refractivity contribution is 5.79. The standard InChI is InChI=1S/C17H23F3N2O/c1-15(2,3)12-9-7-6-8-11(12)14(17(18,19)20)22-16(4,5)10-13(23)21-22/h6-9,14H,10H2,1-5H3,(H,21,23). The third-order valence-electron chi connectivity index (χ3n) is 4.12. The van der Waals surface area contributed by atoms with Gasteiger partial charge in [-0.05, 0) is 30.4 Å². The summed E-state index contributed by atoms with van der Waals surface area (Å²) in [5.74, 6) is -0.391. The van der Waals surface area contributed by atoms with E-state index in [2.05, 4.69) is 5.43 Å². The van der Waals surface area contributed by atoms with Crippen LogP contribution in [0.3, 0.4) is 0 Å². The first kappa shape index (κ1) is 17.8. The summed E-state index contributed by atoms with van der Waals surface area (Å²) in [5.41, 5.74) is 1.86. The summed E-state index contributed by atoms with van der Waals surface area (Å²) in [4.78, 5) is 11.7. The van der Waals surface area contributed by atoms with Gasteiger partial charge in [0.25, 0.3) is 0 Å². The van der Waals surface area contributed by atoms with Crippen LogP contribution in [0.4, 0.5) is 13.2 Å². The molecule has 1 fully saturated rings. The topological polar surface area (TPSA) is 32.3 Å². The number of halogens is 3. The molecule has 0 radical (unpaired) electrons. The van der Waals surface area contributed by atoms with Crippen LogP contribution in [-0.4, -0.2) is 22.6 Å². The number of rotatable bonds is 2. The molecule has 128 valence electrons. The van der Waals surface area contributed by atoms with E-state index in [0.29, 0.717) is 5.56 Å². The van der Waals surface area contributed by atoms with Crippen molar-refractivity contribution in [1.29, 1.82) is 0 Å². The number of alkyl halides is 3. The molecule has 3 nitrogen and oxygen atoms in total. The number of carbonyl (C=O) groups excluding carboxylic acids is 1. The van der Waals surface area contributed by atoms with Gasteiger partial charge in [-0.1, -0.05) is 45.0 Å². The minimum atomic E-state index is -4.50. The van der Waals surface area contributed by atoms with E-state index in [1.165, 1.54) is 6.07 Å². The van der Waals surface area contributed by atoms with Crippen molar-refractivity contribution < 1.29 is 18.0 Å². The molecule has 1 N–H and O–H groups in total. The molecule has 2 rings (SSSR count). The predicted octanol–water partition coefficient (Wildman–Crippen LogP) is 4.10. The Balaban J connectivity index is 2.61. The molecule has 0 aromatic heterocycles. The number of nitrogens with zero attached hydrogens (tertiary/aromatic N) is 1. The lowest BCUT2D eigenvalue weighted by Crippen LogP contribution is -2.52. The summed E-state index contributed by atoms with van der Waals surface area (Å²) in [6.07, 6.45) is -4.46. The first-order chi connectivity index (χ1) is 10.3. The zero-order chi connectivity index (χ0) is 17.6. The molecule has 1 aromatic rings. The minimum absolute atomic E-state index is 0.0390. The van der Waals surface area contributed by atoms with E-state index < -0.39 is 29.1 Å². The molecular formula is C17H23F3N2O. The zero-order valence-electron chi connectivity index (χ0n) is 14.1. The number of carbonyl (C=O) groups is 1. The summed E-state index contributed by atoms with van der Waals surface area (Å²) in [7, 11) is 0. The van der Waals surface area contributed by atoms with Gasteiger partial charge in [-0.15, -0.1) is 0 Å². The molecule has 1 amide bonds. The van der Waals surface area contributed by atoms with Crippen LogP contribution in [0, 0.1) is 0 Å². The van der Waals surface area contributed by atoms with Crippen LogP contribution < -0.4 is 5.43 Å². The maximum Gasteiger partial charge on any atom is 0.409 e. The van der Waals surface area contributed by atoms with Crippen molar-refractivity contribution in [2.24, 2.45) is 0 Å². The molecule has 0 saturated carbocycles. The van der Waals surface area contributed by atoms with Crippen LogP contribution in [0.15, 0.2) is 24.3 Å². The predicted molar refractivity (Wildman–Crippen MR) is 82.6 cm³/mol. The van der Waals surface area contributed by atoms with Gasteiger partial charge in [0.1, 0.15) is 0 Å². The average molecular weight is 328 g/mol. The fourth-order valence-electron chi connectivity index (χ4n) is 3.10. The van der Waals surface area contributed by atoms with E-state index in [9.17, 15) is 18.0 Å². The van der Waals surface area contributed by atoms with Gasteiger partial charge in [0.05, 0.1) is 0 Å². The SMILES string of the molecule is CC(C)(C)c1ccccc1C(N1NC(=O)CC1(C)C)C(F)(F)F. The van der Waals surface area contributed by atoms with Gasteiger partial charge >= 0.3 is 6.18 Å². The van der Waals surface area contributed by atoms with Crippen LogP contribution in [-0.2, 0) is 10.2 Å². The highest BCUT2D eigenvalue weighted by Gasteiger charge is 2.53. The Hall–Kier alpha value is -1.56. The van der Waals surface area contributed by atoms with Crippen molar-refractivity contribution in [3.05, 3.63) is 35.4 Å². The maximum absolute atomic E-state index is 13.9. The van der Waals surface area contributed by atoms with Gasteiger partial charge in [-0.3, -0.25) is 10.2 Å². The van der Waals surface area contributed by atoms with Gasteiger partial charge in [0.15, 0.2) is 6.04 Å². The first-order valence-electron chi connectivity index (χ1n) is 7.59. The van der Waals surface area contributed by atoms with Gasteiger partial charge in [0.2, 0.25) is 5.91 Å². The molecule has 1 aliphatic rings. The van der Waals surface area contributed by atoms with Gasteiger partial charge in [-0.25, -0.2) is 0 Å². The third-order valence-corrected chi connectivity index (χ3v) is 4.12. The smallest absolute Gasteiger partial charge is 0.287 e. The van der Waals surface area contributed by atoms with E-state index in [-0.39, 0.29) is 12.0 Å². The quantitative estimate of drug-likeness (QED) is 0.886. The molecule has 1 unspecified atom stereocenters. The first-order valence-corrected chi connectivity index (χ1v) is 7.59. The Morgan fingerprint density at radius 3 is 2.17 bits per heavy atom. The van der Waals surface area contributed by atoms with E-state index >= 15 is 0 Å². The number of nitrogens with one attached hydrogen (secondary N) is 1. The Morgan fingerprint density at radius 2 is 1.74 bits per heavy atom. The van der Waals surface area contributed by atoms with E-state index in [1.54, 1.807) is 32.0 Å². The monoisotopic (exact) mass is 328 g/mol. The lowest BCUT2D eigenvalue weighted by Gasteiger charge is -2.39. The van der Waals surface area contributed by atoms with Crippen molar-refractivity contribution in [3.8, 4) is 0 Å². The molecule has 1 heterocycles. The number of hydrazine groups is 1. The fraction of sp³-hybridized carbons (Fsp3) is 0.588. The van der Waals surface area contributed by atoms with E-state index in [0.717, 1.165) is 5.01 Å². The van der Waals surface area contributed by atoms with E-state index in [4.69, 9.17) is 0 Å². The Bertz CT molecular complexity index is 603. The van der Waals surface area contributed by atoms with Crippen molar-refractivity contribution in [2.75, 3.05) is 0 Å². The summed E-state index contributed by atoms with van der Waals surface area (Å²) < 4.78 is 41.7. The fourth-order valence-corrected chi connectivity index (χ4v) is 3.10. The second-order valence-corrected chi connectivity index (χ2v) is 7.68. The molecule has 0 spiro atoms. The van der Waals surface area contributed by atoms with Crippen molar-refractivity contribution in [3.63, 3.8) is 0 Å². The lowest BCUT2D eigenvalue weighted by molar-refractivity contribution is -0.204. The normalized spacial score (nSPS) is 20.4. The van der Waals surface area contributed by atoms with Crippen molar-refractivity contribution in [1.82, 2.24) is 10.4 Å². The number of amides is 1. The Morgan fingerprint density at radius 1 is 1.17 bits per heavy atom.